The zero-order valence-electron chi connectivity index (χ0n) is 14.0. The Morgan fingerprint density at radius 2 is 1.81 bits per heavy atom. The minimum Gasteiger partial charge on any atom is -0.328 e. The maximum Gasteiger partial charge on any atom is 0.263 e. The van der Waals surface area contributed by atoms with Gasteiger partial charge in [0.2, 0.25) is 0 Å². The fourth-order valence-corrected chi connectivity index (χ4v) is 4.54. The largest absolute Gasteiger partial charge is 0.328 e. The topological polar surface area (TPSA) is 79.0 Å². The van der Waals surface area contributed by atoms with Crippen LogP contribution in [0.25, 0.3) is 10.8 Å². The van der Waals surface area contributed by atoms with Gasteiger partial charge in [-0.15, -0.1) is 0 Å². The SMILES string of the molecule is CC(C)c1c[nH]c(=O)c2cc(NS(=O)(=O)c3cccc(Cl)c3Cl)ccc12. The van der Waals surface area contributed by atoms with E-state index in [1.165, 1.54) is 24.3 Å². The van der Waals surface area contributed by atoms with Gasteiger partial charge in [0.1, 0.15) is 4.90 Å². The van der Waals surface area contributed by atoms with E-state index in [0.717, 1.165) is 10.9 Å². The zero-order chi connectivity index (χ0) is 19.1. The standard InChI is InChI=1S/C18H16Cl2N2O3S/c1-10(2)14-9-21-18(23)13-8-11(6-7-12(13)14)22-26(24,25)16-5-3-4-15(19)17(16)20/h3-10,22H,1-2H3,(H,21,23). The molecule has 8 heteroatoms. The molecular weight excluding hydrogens is 395 g/mol. The van der Waals surface area contributed by atoms with E-state index in [9.17, 15) is 13.2 Å². The first-order chi connectivity index (χ1) is 12.2. The van der Waals surface area contributed by atoms with Crippen LogP contribution in [0.2, 0.25) is 10.0 Å². The minimum absolute atomic E-state index is 0.0533. The van der Waals surface area contributed by atoms with Crippen molar-refractivity contribution in [1.29, 1.82) is 0 Å². The number of benzene rings is 2. The smallest absolute Gasteiger partial charge is 0.263 e. The van der Waals surface area contributed by atoms with Crippen LogP contribution in [0.1, 0.15) is 25.3 Å². The predicted octanol–water partition coefficient (Wildman–Crippen LogP) is 4.76. The maximum absolute atomic E-state index is 12.6. The van der Waals surface area contributed by atoms with Crippen LogP contribution in [-0.2, 0) is 10.0 Å². The van der Waals surface area contributed by atoms with E-state index >= 15 is 0 Å². The third kappa shape index (κ3) is 3.45. The molecule has 2 N–H and O–H groups in total. The summed E-state index contributed by atoms with van der Waals surface area (Å²) >= 11 is 11.9. The molecular formula is C18H16Cl2N2O3S. The molecule has 0 aliphatic carbocycles. The first kappa shape index (κ1) is 18.8. The van der Waals surface area contributed by atoms with Crippen LogP contribution in [0.5, 0.6) is 0 Å². The second-order valence-corrected chi connectivity index (χ2v) is 8.58. The molecule has 1 aromatic heterocycles. The van der Waals surface area contributed by atoms with Crippen LogP contribution in [0.4, 0.5) is 5.69 Å². The minimum atomic E-state index is -3.95. The molecule has 0 bridgehead atoms. The van der Waals surface area contributed by atoms with Crippen molar-refractivity contribution in [1.82, 2.24) is 4.98 Å². The van der Waals surface area contributed by atoms with Crippen molar-refractivity contribution < 1.29 is 8.42 Å². The average Bonchev–Trinajstić information content (AvgIpc) is 2.57. The van der Waals surface area contributed by atoms with Gasteiger partial charge in [-0.05, 0) is 41.1 Å². The Morgan fingerprint density at radius 1 is 1.08 bits per heavy atom. The van der Waals surface area contributed by atoms with Gasteiger partial charge >= 0.3 is 0 Å². The normalized spacial score (nSPS) is 11.9. The second-order valence-electron chi connectivity index (χ2n) is 6.15. The van der Waals surface area contributed by atoms with Crippen LogP contribution < -0.4 is 10.3 Å². The Bertz CT molecular complexity index is 1150. The molecule has 3 rings (SSSR count). The summed E-state index contributed by atoms with van der Waals surface area (Å²) in [6.45, 7) is 4.04. The van der Waals surface area contributed by atoms with Gasteiger partial charge in [-0.25, -0.2) is 8.42 Å². The summed E-state index contributed by atoms with van der Waals surface area (Å²) in [5, 5.41) is 1.29. The van der Waals surface area contributed by atoms with Gasteiger partial charge in [-0.3, -0.25) is 9.52 Å². The molecule has 0 spiro atoms. The van der Waals surface area contributed by atoms with Gasteiger partial charge in [-0.2, -0.15) is 0 Å². The summed E-state index contributed by atoms with van der Waals surface area (Å²) in [4.78, 5) is 14.7. The molecule has 136 valence electrons. The Balaban J connectivity index is 2.08. The Hall–Kier alpha value is -2.02. The number of H-pyrrole nitrogens is 1. The summed E-state index contributed by atoms with van der Waals surface area (Å²) in [5.41, 5.74) is 0.957. The van der Waals surface area contributed by atoms with Crippen LogP contribution in [0, 0.1) is 0 Å². The van der Waals surface area contributed by atoms with E-state index in [-0.39, 0.29) is 32.1 Å². The molecule has 3 aromatic rings. The van der Waals surface area contributed by atoms with E-state index in [1.54, 1.807) is 18.3 Å². The number of rotatable bonds is 4. The summed E-state index contributed by atoms with van der Waals surface area (Å²) in [6, 6.07) is 9.23. The van der Waals surface area contributed by atoms with Gasteiger partial charge in [0.15, 0.2) is 0 Å². The summed E-state index contributed by atoms with van der Waals surface area (Å²) < 4.78 is 27.7. The van der Waals surface area contributed by atoms with Crippen molar-refractivity contribution >= 4 is 49.7 Å². The first-order valence-electron chi connectivity index (χ1n) is 7.83. The third-order valence-electron chi connectivity index (χ3n) is 4.01. The summed E-state index contributed by atoms with van der Waals surface area (Å²) in [6.07, 6.45) is 1.69. The Labute approximate surface area is 161 Å². The lowest BCUT2D eigenvalue weighted by Gasteiger charge is -2.13. The molecule has 0 atom stereocenters. The second kappa shape index (κ2) is 6.95. The van der Waals surface area contributed by atoms with Gasteiger partial charge in [0.05, 0.1) is 10.0 Å². The van der Waals surface area contributed by atoms with E-state index < -0.39 is 10.0 Å². The van der Waals surface area contributed by atoms with Crippen molar-refractivity contribution in [3.05, 3.63) is 68.6 Å². The van der Waals surface area contributed by atoms with Crippen molar-refractivity contribution in [2.24, 2.45) is 0 Å². The number of hydrogen-bond donors (Lipinski definition) is 2. The van der Waals surface area contributed by atoms with Gasteiger partial charge in [-0.1, -0.05) is 49.2 Å². The lowest BCUT2D eigenvalue weighted by atomic mass is 9.98. The number of anilines is 1. The van der Waals surface area contributed by atoms with E-state index in [1.807, 2.05) is 13.8 Å². The number of fused-ring (bicyclic) bond motifs is 1. The quantitative estimate of drug-likeness (QED) is 0.650. The van der Waals surface area contributed by atoms with Crippen LogP contribution in [0.3, 0.4) is 0 Å². The summed E-state index contributed by atoms with van der Waals surface area (Å²) in [7, 11) is -3.95. The van der Waals surface area contributed by atoms with Crippen LogP contribution >= 0.6 is 23.2 Å². The molecule has 0 amide bonds. The highest BCUT2D eigenvalue weighted by Gasteiger charge is 2.20. The van der Waals surface area contributed by atoms with Crippen molar-refractivity contribution in [3.63, 3.8) is 0 Å². The fraction of sp³-hybridized carbons (Fsp3) is 0.167. The highest BCUT2D eigenvalue weighted by molar-refractivity contribution is 7.92. The van der Waals surface area contributed by atoms with E-state index in [4.69, 9.17) is 23.2 Å². The lowest BCUT2D eigenvalue weighted by Crippen LogP contribution is -2.14. The highest BCUT2D eigenvalue weighted by atomic mass is 35.5. The predicted molar refractivity (Wildman–Crippen MR) is 106 cm³/mol. The molecule has 0 aliphatic rings. The summed E-state index contributed by atoms with van der Waals surface area (Å²) in [5.74, 6) is 0.210. The molecule has 0 radical (unpaired) electrons. The molecule has 0 fully saturated rings. The number of aromatic nitrogens is 1. The van der Waals surface area contributed by atoms with Gasteiger partial charge < -0.3 is 4.98 Å². The van der Waals surface area contributed by atoms with Crippen LogP contribution in [0.15, 0.2) is 52.3 Å². The van der Waals surface area contributed by atoms with Crippen molar-refractivity contribution in [2.45, 2.75) is 24.7 Å². The fourth-order valence-electron chi connectivity index (χ4n) is 2.73. The number of halogens is 2. The number of pyridine rings is 1. The molecule has 0 saturated carbocycles. The molecule has 0 aliphatic heterocycles. The molecule has 26 heavy (non-hydrogen) atoms. The lowest BCUT2D eigenvalue weighted by molar-refractivity contribution is 0.601. The number of aromatic amines is 1. The van der Waals surface area contributed by atoms with Gasteiger partial charge in [0, 0.05) is 17.3 Å². The third-order valence-corrected chi connectivity index (χ3v) is 6.37. The molecule has 5 nitrogen and oxygen atoms in total. The molecule has 2 aromatic carbocycles. The Morgan fingerprint density at radius 3 is 2.50 bits per heavy atom. The molecule has 1 heterocycles. The number of nitrogens with one attached hydrogen (secondary N) is 2. The monoisotopic (exact) mass is 410 g/mol. The maximum atomic E-state index is 12.6. The average molecular weight is 411 g/mol. The molecule has 0 saturated heterocycles. The Kier molecular flexibility index (Phi) is 5.01. The highest BCUT2D eigenvalue weighted by Crippen LogP contribution is 2.31. The molecule has 0 unspecified atom stereocenters. The van der Waals surface area contributed by atoms with Crippen LogP contribution in [-0.4, -0.2) is 13.4 Å². The van der Waals surface area contributed by atoms with Crippen molar-refractivity contribution in [3.8, 4) is 0 Å². The van der Waals surface area contributed by atoms with E-state index in [2.05, 4.69) is 9.71 Å². The number of hydrogen-bond acceptors (Lipinski definition) is 3. The van der Waals surface area contributed by atoms with E-state index in [0.29, 0.717) is 5.39 Å². The first-order valence-corrected chi connectivity index (χ1v) is 10.1. The van der Waals surface area contributed by atoms with Gasteiger partial charge in [0.25, 0.3) is 15.6 Å². The zero-order valence-corrected chi connectivity index (χ0v) is 16.3. The van der Waals surface area contributed by atoms with Crippen molar-refractivity contribution in [2.75, 3.05) is 4.72 Å². The number of sulfonamides is 1.